The van der Waals surface area contributed by atoms with Gasteiger partial charge in [-0.05, 0) is 167 Å². The largest absolute Gasteiger partial charge is 0.315 e. The second kappa shape index (κ2) is 40.8. The molecule has 0 fully saturated rings. The third-order valence-corrected chi connectivity index (χ3v) is 19.1. The monoisotopic (exact) mass is 1560 g/mol. The maximum atomic E-state index is 14.6. The summed E-state index contributed by atoms with van der Waals surface area (Å²) in [4.78, 5) is 132. The average molecular weight is 1560 g/mol. The number of halogens is 4. The number of rotatable bonds is 24. The summed E-state index contributed by atoms with van der Waals surface area (Å²) in [5.41, 5.74) is 13.9. The molecular formula is C89H81Cl3FN11O8. The van der Waals surface area contributed by atoms with E-state index < -0.39 is 5.82 Å². The van der Waals surface area contributed by atoms with Crippen molar-refractivity contribution in [3.05, 3.63) is 316 Å². The fraction of sp³-hybridized carbons (Fsp3) is 0.180. The number of nitrogens with zero attached hydrogens (tertiary/aromatic N) is 11. The fourth-order valence-electron chi connectivity index (χ4n) is 11.4. The van der Waals surface area contributed by atoms with Gasteiger partial charge in [-0.15, -0.1) is 0 Å². The van der Waals surface area contributed by atoms with Crippen molar-refractivity contribution in [2.24, 2.45) is 0 Å². The van der Waals surface area contributed by atoms with Crippen molar-refractivity contribution in [3.63, 3.8) is 0 Å². The van der Waals surface area contributed by atoms with E-state index in [4.69, 9.17) is 34.8 Å². The molecule has 4 amide bonds. The zero-order chi connectivity index (χ0) is 80.4. The predicted octanol–water partition coefficient (Wildman–Crippen LogP) is 18.5. The van der Waals surface area contributed by atoms with Gasteiger partial charge in [0.2, 0.25) is 23.6 Å². The average Bonchev–Trinajstić information content (AvgIpc) is 0.829. The van der Waals surface area contributed by atoms with Crippen LogP contribution in [0.2, 0.25) is 15.1 Å². The third kappa shape index (κ3) is 22.8. The Morgan fingerprint density at radius 3 is 0.938 bits per heavy atom. The van der Waals surface area contributed by atoms with Crippen LogP contribution in [-0.2, 0) is 44.9 Å². The Morgan fingerprint density at radius 1 is 0.312 bits per heavy atom. The molecule has 12 rings (SSSR count). The first-order chi connectivity index (χ1) is 54.0. The molecular weight excluding hydrogens is 1480 g/mol. The van der Waals surface area contributed by atoms with Crippen LogP contribution in [0.3, 0.4) is 0 Å². The highest BCUT2D eigenvalue weighted by Gasteiger charge is 2.20. The molecule has 0 aliphatic rings. The Kier molecular flexibility index (Phi) is 30.4. The zero-order valence-electron chi connectivity index (χ0n) is 63.0. The Bertz CT molecular complexity index is 4610. The summed E-state index contributed by atoms with van der Waals surface area (Å²) in [5, 5.41) is 1.58. The lowest BCUT2D eigenvalue weighted by molar-refractivity contribution is -0.118. The minimum atomic E-state index is -0.475. The lowest BCUT2D eigenvalue weighted by atomic mass is 9.99. The molecule has 5 aromatic carbocycles. The van der Waals surface area contributed by atoms with Crippen LogP contribution in [0.15, 0.2) is 250 Å². The molecule has 568 valence electrons. The van der Waals surface area contributed by atoms with Crippen LogP contribution < -0.4 is 19.6 Å². The van der Waals surface area contributed by atoms with E-state index in [9.17, 15) is 42.7 Å². The second-order valence-corrected chi connectivity index (χ2v) is 26.8. The van der Waals surface area contributed by atoms with Gasteiger partial charge in [0.25, 0.3) is 0 Å². The SMILES string of the molecule is CCC(=O)N(C)c1ccc(-c2ccc(C(=O)Cc3ccncc3)cc2)c(Cl)c1.CCC(=O)N(C)c1ccc(-c2ccc(C(=O)Cc3ccncc3)cn2)c(Cl)c1.CCC(=O)N(C)c1ccc(-c2ccc(C(=O)Cc3ccncc3)cn2)c(F)c1.CCC(=O)N(C)c1ccc(-c2ccc(C(=O)Cc3ccncc3)nc2)c(Cl)c1. The quantitative estimate of drug-likeness (QED) is 0.0511. The number of aromatic nitrogens is 7. The topological polar surface area (TPSA) is 240 Å². The molecule has 0 aliphatic heterocycles. The van der Waals surface area contributed by atoms with E-state index in [0.717, 1.165) is 67.1 Å². The van der Waals surface area contributed by atoms with Crippen molar-refractivity contribution in [1.82, 2.24) is 34.9 Å². The van der Waals surface area contributed by atoms with E-state index in [0.29, 0.717) is 98.6 Å². The second-order valence-electron chi connectivity index (χ2n) is 25.6. The first-order valence-corrected chi connectivity index (χ1v) is 37.0. The lowest BCUT2D eigenvalue weighted by Gasteiger charge is -2.17. The summed E-state index contributed by atoms with van der Waals surface area (Å²) in [7, 11) is 6.79. The molecule has 0 atom stereocenters. The summed E-state index contributed by atoms with van der Waals surface area (Å²) >= 11 is 19.3. The first-order valence-electron chi connectivity index (χ1n) is 35.9. The number of pyridine rings is 7. The molecule has 0 unspecified atom stereocenters. The highest BCUT2D eigenvalue weighted by Crippen LogP contribution is 2.35. The fourth-order valence-corrected chi connectivity index (χ4v) is 12.2. The van der Waals surface area contributed by atoms with Crippen LogP contribution in [0.4, 0.5) is 27.1 Å². The van der Waals surface area contributed by atoms with Crippen molar-refractivity contribution in [1.29, 1.82) is 0 Å². The Morgan fingerprint density at radius 2 is 0.616 bits per heavy atom. The molecule has 0 spiro atoms. The normalized spacial score (nSPS) is 10.5. The summed E-state index contributed by atoms with van der Waals surface area (Å²) < 4.78 is 14.6. The molecule has 12 aromatic rings. The molecule has 0 saturated carbocycles. The smallest absolute Gasteiger partial charge is 0.226 e. The van der Waals surface area contributed by atoms with Gasteiger partial charge >= 0.3 is 0 Å². The lowest BCUT2D eigenvalue weighted by Crippen LogP contribution is -2.25. The number of hydrogen-bond donors (Lipinski definition) is 0. The van der Waals surface area contributed by atoms with Gasteiger partial charge in [0.05, 0.1) is 26.5 Å². The van der Waals surface area contributed by atoms with Crippen LogP contribution in [0.5, 0.6) is 0 Å². The van der Waals surface area contributed by atoms with Gasteiger partial charge in [0.15, 0.2) is 23.1 Å². The van der Waals surface area contributed by atoms with E-state index in [1.165, 1.54) is 17.2 Å². The molecule has 7 aromatic heterocycles. The highest BCUT2D eigenvalue weighted by atomic mass is 35.5. The number of anilines is 4. The van der Waals surface area contributed by atoms with Crippen molar-refractivity contribution in [3.8, 4) is 44.8 Å². The van der Waals surface area contributed by atoms with Gasteiger partial charge in [0.1, 0.15) is 11.5 Å². The van der Waals surface area contributed by atoms with Crippen LogP contribution in [0.25, 0.3) is 44.8 Å². The highest BCUT2D eigenvalue weighted by molar-refractivity contribution is 6.34. The molecule has 23 heteroatoms. The molecule has 112 heavy (non-hydrogen) atoms. The molecule has 19 nitrogen and oxygen atoms in total. The number of Topliss-reactive ketones (excluding diaryl/α,β-unsaturated/α-hetero) is 4. The Hall–Kier alpha value is -12.5. The standard InChI is InChI=1S/C23H21ClN2O2.2C22H20ClN3O2.C22H20FN3O2/c1-3-23(28)26(2)19-8-9-20(21(24)15-19)17-4-6-18(7-5-17)22(27)14-16-10-12-25-13-11-16;1-3-22(28)26(2)17-5-6-18(19(23)13-17)20-7-4-16(14-25-20)21(27)12-15-8-10-24-11-9-15;1-3-22(28)26(2)17-5-6-18(19(23)13-17)16-4-7-20(25-14-16)21(27)12-15-8-10-24-11-9-15;1-3-22(28)26(2)17-5-6-18(19(23)13-17)20-7-4-16(14-25-20)21(27)12-15-8-10-24-11-9-15/h4-13,15H,3,14H2,1-2H3;3*4-11,13-14H,3,12H2,1-2H3. The minimum absolute atomic E-state index is 0.00797. The van der Waals surface area contributed by atoms with Crippen molar-refractivity contribution in [2.75, 3.05) is 47.8 Å². The molecule has 0 bridgehead atoms. The van der Waals surface area contributed by atoms with Crippen LogP contribution in [-0.4, -0.2) is 110 Å². The van der Waals surface area contributed by atoms with Gasteiger partial charge in [-0.3, -0.25) is 73.2 Å². The van der Waals surface area contributed by atoms with Gasteiger partial charge in [-0.2, -0.15) is 0 Å². The number of amides is 4. The number of ketones is 4. The Labute approximate surface area is 665 Å². The van der Waals surface area contributed by atoms with Gasteiger partial charge < -0.3 is 19.6 Å². The van der Waals surface area contributed by atoms with Crippen LogP contribution >= 0.6 is 34.8 Å². The van der Waals surface area contributed by atoms with Gasteiger partial charge in [-0.1, -0.05) is 105 Å². The summed E-state index contributed by atoms with van der Waals surface area (Å²) in [6.45, 7) is 7.21. The minimum Gasteiger partial charge on any atom is -0.315 e. The van der Waals surface area contributed by atoms with Gasteiger partial charge in [-0.25, -0.2) is 4.39 Å². The van der Waals surface area contributed by atoms with Crippen molar-refractivity contribution < 1.29 is 42.7 Å². The third-order valence-electron chi connectivity index (χ3n) is 18.1. The maximum Gasteiger partial charge on any atom is 0.226 e. The Balaban J connectivity index is 0.000000171. The van der Waals surface area contributed by atoms with E-state index in [-0.39, 0.29) is 59.6 Å². The van der Waals surface area contributed by atoms with Gasteiger partial charge in [0, 0.05) is 215 Å². The summed E-state index contributed by atoms with van der Waals surface area (Å²) in [5.74, 6) is -0.591. The number of carbonyl (C=O) groups excluding carboxylic acids is 8. The van der Waals surface area contributed by atoms with E-state index >= 15 is 0 Å². The maximum absolute atomic E-state index is 14.6. The molecule has 0 N–H and O–H groups in total. The summed E-state index contributed by atoms with van der Waals surface area (Å²) in [6.07, 6.45) is 20.8. The van der Waals surface area contributed by atoms with Crippen LogP contribution in [0.1, 0.15) is 117 Å². The molecule has 0 saturated heterocycles. The molecule has 7 heterocycles. The van der Waals surface area contributed by atoms with Crippen LogP contribution in [0, 0.1) is 5.82 Å². The predicted molar refractivity (Wildman–Crippen MR) is 440 cm³/mol. The van der Waals surface area contributed by atoms with E-state index in [2.05, 4.69) is 34.9 Å². The van der Waals surface area contributed by atoms with Crippen molar-refractivity contribution in [2.45, 2.75) is 79.1 Å². The summed E-state index contributed by atoms with van der Waals surface area (Å²) in [6, 6.07) is 53.3. The molecule has 0 aliphatic carbocycles. The van der Waals surface area contributed by atoms with Crippen molar-refractivity contribution >= 4 is 104 Å². The zero-order valence-corrected chi connectivity index (χ0v) is 65.3. The van der Waals surface area contributed by atoms with E-state index in [1.807, 2.05) is 124 Å². The van der Waals surface area contributed by atoms with E-state index in [1.54, 1.807) is 185 Å². The molecule has 0 radical (unpaired) electrons. The number of carbonyl (C=O) groups is 8. The number of benzene rings is 5. The number of hydrogen-bond acceptors (Lipinski definition) is 15. The first kappa shape index (κ1) is 83.5.